The molecule has 1 atom stereocenters. The molecule has 31 heavy (non-hydrogen) atoms. The zero-order valence-electron chi connectivity index (χ0n) is 18.4. The minimum absolute atomic E-state index is 0.0475. The lowest BCUT2D eigenvalue weighted by molar-refractivity contribution is -0.127. The summed E-state index contributed by atoms with van der Waals surface area (Å²) in [6, 6.07) is 16.0. The highest BCUT2D eigenvalue weighted by atomic mass is 16.5. The first-order valence-corrected chi connectivity index (χ1v) is 11.9. The van der Waals surface area contributed by atoms with Gasteiger partial charge in [-0.15, -0.1) is 0 Å². The predicted molar refractivity (Wildman–Crippen MR) is 123 cm³/mol. The number of benzene rings is 1. The van der Waals surface area contributed by atoms with Gasteiger partial charge in [0, 0.05) is 18.7 Å². The highest BCUT2D eigenvalue weighted by molar-refractivity contribution is 5.79. The number of aromatic nitrogens is 1. The third kappa shape index (κ3) is 6.30. The third-order valence-electron chi connectivity index (χ3n) is 6.80. The molecule has 0 radical (unpaired) electrons. The first-order chi connectivity index (χ1) is 15.3. The van der Waals surface area contributed by atoms with Gasteiger partial charge < -0.3 is 10.1 Å². The summed E-state index contributed by atoms with van der Waals surface area (Å²) in [6.45, 7) is 3.49. The summed E-state index contributed by atoms with van der Waals surface area (Å²) in [6.07, 6.45) is 9.86. The molecule has 1 N–H and O–H groups in total. The number of piperidine rings is 1. The number of ether oxygens (including phenoxy) is 1. The monoisotopic (exact) mass is 421 g/mol. The van der Waals surface area contributed by atoms with Gasteiger partial charge in [-0.2, -0.15) is 0 Å². The van der Waals surface area contributed by atoms with E-state index in [0.29, 0.717) is 12.5 Å². The Labute approximate surface area is 186 Å². The van der Waals surface area contributed by atoms with E-state index in [4.69, 9.17) is 4.74 Å². The molecule has 2 aromatic rings. The number of rotatable bonds is 8. The summed E-state index contributed by atoms with van der Waals surface area (Å²) in [5.41, 5.74) is 1.01. The van der Waals surface area contributed by atoms with Crippen molar-refractivity contribution in [3.8, 4) is 5.75 Å². The van der Waals surface area contributed by atoms with Crippen LogP contribution in [-0.2, 0) is 4.79 Å². The molecule has 0 unspecified atom stereocenters. The van der Waals surface area contributed by atoms with Crippen LogP contribution >= 0.6 is 0 Å². The topological polar surface area (TPSA) is 54.5 Å². The van der Waals surface area contributed by atoms with Crippen molar-refractivity contribution >= 4 is 5.91 Å². The van der Waals surface area contributed by atoms with Crippen LogP contribution in [0.5, 0.6) is 5.75 Å². The average Bonchev–Trinajstić information content (AvgIpc) is 2.84. The number of para-hydroxylation sites is 1. The Balaban J connectivity index is 1.26. The molecule has 1 amide bonds. The molecule has 0 bridgehead atoms. The van der Waals surface area contributed by atoms with Crippen LogP contribution in [0.1, 0.15) is 56.7 Å². The van der Waals surface area contributed by atoms with Crippen molar-refractivity contribution in [1.82, 2.24) is 15.2 Å². The van der Waals surface area contributed by atoms with Crippen LogP contribution in [-0.4, -0.2) is 42.0 Å². The minimum Gasteiger partial charge on any atom is -0.492 e. The number of nitrogens with zero attached hydrogens (tertiary/aromatic N) is 2. The molecular formula is C26H35N3O2. The van der Waals surface area contributed by atoms with E-state index in [0.717, 1.165) is 43.9 Å². The normalized spacial score (nSPS) is 19.6. The van der Waals surface area contributed by atoms with Crippen LogP contribution in [0.15, 0.2) is 54.7 Å². The van der Waals surface area contributed by atoms with Gasteiger partial charge in [0.25, 0.3) is 0 Å². The summed E-state index contributed by atoms with van der Waals surface area (Å²) in [5, 5.41) is 3.41. The summed E-state index contributed by atoms with van der Waals surface area (Å²) >= 11 is 0. The fourth-order valence-electron chi connectivity index (χ4n) is 4.96. The molecule has 1 aromatic carbocycles. The molecule has 2 aliphatic rings. The number of likely N-dealkylation sites (tertiary alicyclic amines) is 1. The number of nitrogens with one attached hydrogen (secondary N) is 1. The smallest absolute Gasteiger partial charge is 0.223 e. The second-order valence-electron chi connectivity index (χ2n) is 8.92. The van der Waals surface area contributed by atoms with Crippen molar-refractivity contribution in [2.75, 3.05) is 26.2 Å². The van der Waals surface area contributed by atoms with Gasteiger partial charge in [-0.05, 0) is 69.0 Å². The number of amides is 1. The molecular weight excluding hydrogens is 386 g/mol. The van der Waals surface area contributed by atoms with Crippen LogP contribution in [0.25, 0.3) is 0 Å². The molecule has 1 saturated heterocycles. The zero-order valence-corrected chi connectivity index (χ0v) is 18.4. The maximum atomic E-state index is 13.1. The Morgan fingerprint density at radius 1 is 1.00 bits per heavy atom. The molecule has 2 fully saturated rings. The van der Waals surface area contributed by atoms with Crippen LogP contribution in [0, 0.1) is 11.8 Å². The number of pyridine rings is 1. The van der Waals surface area contributed by atoms with Gasteiger partial charge in [-0.1, -0.05) is 43.5 Å². The zero-order chi connectivity index (χ0) is 21.3. The van der Waals surface area contributed by atoms with Gasteiger partial charge in [0.2, 0.25) is 5.91 Å². The lowest BCUT2D eigenvalue weighted by Gasteiger charge is -2.34. The lowest BCUT2D eigenvalue weighted by atomic mass is 9.82. The molecule has 5 heteroatoms. The van der Waals surface area contributed by atoms with Crippen molar-refractivity contribution < 1.29 is 9.53 Å². The predicted octanol–water partition coefficient (Wildman–Crippen LogP) is 4.61. The first kappa shape index (κ1) is 21.8. The average molecular weight is 422 g/mol. The summed E-state index contributed by atoms with van der Waals surface area (Å²) in [7, 11) is 0. The Morgan fingerprint density at radius 3 is 2.45 bits per heavy atom. The van der Waals surface area contributed by atoms with E-state index in [1.807, 2.05) is 48.7 Å². The number of hydrogen-bond donors (Lipinski definition) is 1. The van der Waals surface area contributed by atoms with Gasteiger partial charge in [0.05, 0.1) is 11.7 Å². The van der Waals surface area contributed by atoms with Crippen molar-refractivity contribution in [3.05, 3.63) is 60.4 Å². The summed E-state index contributed by atoms with van der Waals surface area (Å²) < 4.78 is 5.82. The molecule has 1 aromatic heterocycles. The number of carbonyl (C=O) groups is 1. The van der Waals surface area contributed by atoms with Gasteiger partial charge in [0.1, 0.15) is 12.4 Å². The summed E-state index contributed by atoms with van der Waals surface area (Å²) in [4.78, 5) is 20.1. The fourth-order valence-corrected chi connectivity index (χ4v) is 4.96. The van der Waals surface area contributed by atoms with Gasteiger partial charge in [0.15, 0.2) is 0 Å². The van der Waals surface area contributed by atoms with Gasteiger partial charge in [-0.25, -0.2) is 0 Å². The fraction of sp³-hybridized carbons (Fsp3) is 0.538. The minimum atomic E-state index is 0.0475. The molecule has 4 rings (SSSR count). The molecule has 1 aliphatic heterocycles. The quantitative estimate of drug-likeness (QED) is 0.676. The molecule has 1 aliphatic carbocycles. The molecule has 2 heterocycles. The van der Waals surface area contributed by atoms with Crippen molar-refractivity contribution in [1.29, 1.82) is 0 Å². The maximum Gasteiger partial charge on any atom is 0.223 e. The van der Waals surface area contributed by atoms with E-state index < -0.39 is 0 Å². The summed E-state index contributed by atoms with van der Waals surface area (Å²) in [5.74, 6) is 1.73. The Hall–Kier alpha value is -2.40. The number of hydrogen-bond acceptors (Lipinski definition) is 4. The second kappa shape index (κ2) is 11.3. The highest BCUT2D eigenvalue weighted by Gasteiger charge is 2.31. The second-order valence-corrected chi connectivity index (χ2v) is 8.92. The van der Waals surface area contributed by atoms with E-state index in [2.05, 4.69) is 21.3 Å². The molecule has 5 nitrogen and oxygen atoms in total. The van der Waals surface area contributed by atoms with Gasteiger partial charge >= 0.3 is 0 Å². The Bertz CT molecular complexity index is 785. The van der Waals surface area contributed by atoms with Crippen molar-refractivity contribution in [2.24, 2.45) is 11.8 Å². The van der Waals surface area contributed by atoms with E-state index >= 15 is 0 Å². The van der Waals surface area contributed by atoms with Crippen molar-refractivity contribution in [3.63, 3.8) is 0 Å². The van der Waals surface area contributed by atoms with Crippen LogP contribution < -0.4 is 10.1 Å². The van der Waals surface area contributed by atoms with Crippen molar-refractivity contribution in [2.45, 2.75) is 51.0 Å². The maximum absolute atomic E-state index is 13.1. The van der Waals surface area contributed by atoms with E-state index in [-0.39, 0.29) is 17.9 Å². The lowest BCUT2D eigenvalue weighted by Crippen LogP contribution is -2.44. The van der Waals surface area contributed by atoms with Crippen LogP contribution in [0.2, 0.25) is 0 Å². The van der Waals surface area contributed by atoms with Crippen LogP contribution in [0.3, 0.4) is 0 Å². The largest absolute Gasteiger partial charge is 0.492 e. The molecule has 166 valence electrons. The van der Waals surface area contributed by atoms with Gasteiger partial charge in [-0.3, -0.25) is 14.7 Å². The Kier molecular flexibility index (Phi) is 7.94. The Morgan fingerprint density at radius 2 is 1.74 bits per heavy atom. The molecule has 1 saturated carbocycles. The SMILES string of the molecule is O=C(N[C@@H](c1ccccn1)C1CCCCC1)C1CCN(CCOc2ccccc2)CC1. The van der Waals surface area contributed by atoms with E-state index in [1.54, 1.807) is 0 Å². The first-order valence-electron chi connectivity index (χ1n) is 11.9. The molecule has 0 spiro atoms. The van der Waals surface area contributed by atoms with Crippen LogP contribution in [0.4, 0.5) is 0 Å². The van der Waals surface area contributed by atoms with E-state index in [9.17, 15) is 4.79 Å². The highest BCUT2D eigenvalue weighted by Crippen LogP contribution is 2.34. The van der Waals surface area contributed by atoms with E-state index in [1.165, 1.54) is 32.1 Å². The number of carbonyl (C=O) groups excluding carboxylic acids is 1. The third-order valence-corrected chi connectivity index (χ3v) is 6.80. The standard InChI is InChI=1S/C26H35N3O2/c30-26(28-25(21-9-3-1-4-10-21)24-13-7-8-16-27-24)22-14-17-29(18-15-22)19-20-31-23-11-5-2-6-12-23/h2,5-8,11-13,16,21-22,25H,1,3-4,9-10,14-15,17-20H2,(H,28,30)/t25-/m1/s1.